The number of H-pyrrole nitrogens is 1. The number of aryl methyl sites for hydroxylation is 2. The zero-order valence-corrected chi connectivity index (χ0v) is 9.92. The van der Waals surface area contributed by atoms with E-state index in [9.17, 15) is 0 Å². The first-order valence-corrected chi connectivity index (χ1v) is 4.93. The Balaban J connectivity index is 2.69. The Bertz CT molecular complexity index is 288. The van der Waals surface area contributed by atoms with Crippen molar-refractivity contribution in [3.05, 3.63) is 11.4 Å². The highest BCUT2D eigenvalue weighted by molar-refractivity contribution is 5.52. The molecule has 0 aliphatic heterocycles. The molecular weight excluding hydrogens is 194 g/mol. The molecule has 0 spiro atoms. The Morgan fingerprint density at radius 2 is 1.87 bits per heavy atom. The summed E-state index contributed by atoms with van der Waals surface area (Å²) >= 11 is 0. The second kappa shape index (κ2) is 5.14. The quantitative estimate of drug-likeness (QED) is 0.727. The standard InChI is InChI=1S/C10H19N3O2/c1-6-9(7(2)13-12-6)11-8(3)10(14-4)15-5/h8,10-11H,1-5H3,(H,12,13). The lowest BCUT2D eigenvalue weighted by Crippen LogP contribution is -2.34. The molecule has 86 valence electrons. The summed E-state index contributed by atoms with van der Waals surface area (Å²) < 4.78 is 10.3. The van der Waals surface area contributed by atoms with E-state index >= 15 is 0 Å². The molecule has 5 nitrogen and oxygen atoms in total. The topological polar surface area (TPSA) is 59.2 Å². The predicted octanol–water partition coefficient (Wildman–Crippen LogP) is 1.45. The fourth-order valence-electron chi connectivity index (χ4n) is 1.56. The number of rotatable bonds is 5. The van der Waals surface area contributed by atoms with E-state index in [4.69, 9.17) is 9.47 Å². The molecule has 0 radical (unpaired) electrons. The van der Waals surface area contributed by atoms with Crippen LogP contribution in [0.5, 0.6) is 0 Å². The summed E-state index contributed by atoms with van der Waals surface area (Å²) in [6.45, 7) is 5.93. The van der Waals surface area contributed by atoms with E-state index in [1.165, 1.54) is 0 Å². The highest BCUT2D eigenvalue weighted by atomic mass is 16.7. The lowest BCUT2D eigenvalue weighted by Gasteiger charge is -2.23. The van der Waals surface area contributed by atoms with Gasteiger partial charge in [0.2, 0.25) is 0 Å². The zero-order chi connectivity index (χ0) is 11.4. The van der Waals surface area contributed by atoms with Crippen LogP contribution in [0.3, 0.4) is 0 Å². The summed E-state index contributed by atoms with van der Waals surface area (Å²) in [7, 11) is 3.25. The first-order valence-electron chi connectivity index (χ1n) is 4.93. The van der Waals surface area contributed by atoms with E-state index in [0.29, 0.717) is 0 Å². The molecular formula is C10H19N3O2. The third-order valence-electron chi connectivity index (χ3n) is 2.37. The van der Waals surface area contributed by atoms with Crippen molar-refractivity contribution in [1.82, 2.24) is 10.2 Å². The van der Waals surface area contributed by atoms with Crippen LogP contribution in [-0.4, -0.2) is 36.7 Å². The molecule has 5 heteroatoms. The minimum absolute atomic E-state index is 0.0648. The Kier molecular flexibility index (Phi) is 4.11. The van der Waals surface area contributed by atoms with Crippen LogP contribution < -0.4 is 5.32 Å². The van der Waals surface area contributed by atoms with Crippen molar-refractivity contribution in [2.45, 2.75) is 33.1 Å². The molecule has 0 saturated carbocycles. The first-order chi connectivity index (χ1) is 7.10. The van der Waals surface area contributed by atoms with Crippen LogP contribution >= 0.6 is 0 Å². The molecule has 0 aliphatic carbocycles. The Morgan fingerprint density at radius 3 is 2.27 bits per heavy atom. The Labute approximate surface area is 90.2 Å². The van der Waals surface area contributed by atoms with Crippen LogP contribution in [0, 0.1) is 13.8 Å². The van der Waals surface area contributed by atoms with Gasteiger partial charge in [0.15, 0.2) is 6.29 Å². The number of ether oxygens (including phenoxy) is 2. The molecule has 0 amide bonds. The first kappa shape index (κ1) is 12.0. The maximum atomic E-state index is 5.17. The van der Waals surface area contributed by atoms with Crippen LogP contribution in [0.25, 0.3) is 0 Å². The van der Waals surface area contributed by atoms with Crippen molar-refractivity contribution < 1.29 is 9.47 Å². The summed E-state index contributed by atoms with van der Waals surface area (Å²) in [5.74, 6) is 0. The Hall–Kier alpha value is -1.07. The minimum atomic E-state index is -0.265. The molecule has 1 unspecified atom stereocenters. The molecule has 0 aliphatic rings. The molecule has 1 atom stereocenters. The number of nitrogens with zero attached hydrogens (tertiary/aromatic N) is 1. The van der Waals surface area contributed by atoms with Crippen molar-refractivity contribution in [3.63, 3.8) is 0 Å². The molecule has 0 fully saturated rings. The second-order valence-electron chi connectivity index (χ2n) is 3.58. The molecule has 1 aromatic rings. The van der Waals surface area contributed by atoms with Gasteiger partial charge in [-0.2, -0.15) is 5.10 Å². The maximum absolute atomic E-state index is 5.17. The van der Waals surface area contributed by atoms with Crippen LogP contribution in [-0.2, 0) is 9.47 Å². The highest BCUT2D eigenvalue weighted by Gasteiger charge is 2.17. The van der Waals surface area contributed by atoms with Gasteiger partial charge < -0.3 is 14.8 Å². The van der Waals surface area contributed by atoms with Gasteiger partial charge in [-0.3, -0.25) is 5.10 Å². The molecule has 15 heavy (non-hydrogen) atoms. The highest BCUT2D eigenvalue weighted by Crippen LogP contribution is 2.18. The minimum Gasteiger partial charge on any atom is -0.375 e. The fraction of sp³-hybridized carbons (Fsp3) is 0.700. The largest absolute Gasteiger partial charge is 0.375 e. The summed E-state index contributed by atoms with van der Waals surface area (Å²) in [6, 6.07) is 0.0648. The van der Waals surface area contributed by atoms with Gasteiger partial charge in [-0.1, -0.05) is 0 Å². The number of methoxy groups -OCH3 is 2. The van der Waals surface area contributed by atoms with Gasteiger partial charge in [-0.25, -0.2) is 0 Å². The molecule has 0 bridgehead atoms. The molecule has 0 aromatic carbocycles. The van der Waals surface area contributed by atoms with Crippen molar-refractivity contribution in [3.8, 4) is 0 Å². The number of anilines is 1. The van der Waals surface area contributed by atoms with Gasteiger partial charge in [-0.15, -0.1) is 0 Å². The number of hydrogen-bond acceptors (Lipinski definition) is 4. The van der Waals surface area contributed by atoms with Crippen molar-refractivity contribution >= 4 is 5.69 Å². The lowest BCUT2D eigenvalue weighted by atomic mass is 10.2. The number of nitrogens with one attached hydrogen (secondary N) is 2. The van der Waals surface area contributed by atoms with Crippen molar-refractivity contribution in [1.29, 1.82) is 0 Å². The van der Waals surface area contributed by atoms with Gasteiger partial charge in [0.25, 0.3) is 0 Å². The SMILES string of the molecule is COC(OC)C(C)Nc1c(C)n[nH]c1C. The van der Waals surface area contributed by atoms with E-state index in [1.807, 2.05) is 20.8 Å². The second-order valence-corrected chi connectivity index (χ2v) is 3.58. The van der Waals surface area contributed by atoms with Gasteiger partial charge in [0.1, 0.15) is 0 Å². The lowest BCUT2D eigenvalue weighted by molar-refractivity contribution is -0.109. The molecule has 0 saturated heterocycles. The van der Waals surface area contributed by atoms with Crippen LogP contribution in [0.4, 0.5) is 5.69 Å². The number of hydrogen-bond donors (Lipinski definition) is 2. The molecule has 1 aromatic heterocycles. The third kappa shape index (κ3) is 2.70. The van der Waals surface area contributed by atoms with E-state index in [2.05, 4.69) is 15.5 Å². The molecule has 2 N–H and O–H groups in total. The maximum Gasteiger partial charge on any atom is 0.176 e. The number of aromatic nitrogens is 2. The summed E-state index contributed by atoms with van der Waals surface area (Å²) in [6.07, 6.45) is -0.265. The smallest absolute Gasteiger partial charge is 0.176 e. The fourth-order valence-corrected chi connectivity index (χ4v) is 1.56. The molecule has 1 rings (SSSR count). The normalized spacial score (nSPS) is 13.2. The predicted molar refractivity (Wildman–Crippen MR) is 59.0 cm³/mol. The summed E-state index contributed by atoms with van der Waals surface area (Å²) in [5.41, 5.74) is 2.98. The van der Waals surface area contributed by atoms with E-state index < -0.39 is 0 Å². The zero-order valence-electron chi connectivity index (χ0n) is 9.92. The Morgan fingerprint density at radius 1 is 1.27 bits per heavy atom. The summed E-state index contributed by atoms with van der Waals surface area (Å²) in [5, 5.41) is 10.4. The monoisotopic (exact) mass is 213 g/mol. The van der Waals surface area contributed by atoms with E-state index in [1.54, 1.807) is 14.2 Å². The average Bonchev–Trinajstić information content (AvgIpc) is 2.51. The summed E-state index contributed by atoms with van der Waals surface area (Å²) in [4.78, 5) is 0. The van der Waals surface area contributed by atoms with Crippen molar-refractivity contribution in [2.24, 2.45) is 0 Å². The van der Waals surface area contributed by atoms with Gasteiger partial charge in [0, 0.05) is 14.2 Å². The van der Waals surface area contributed by atoms with Gasteiger partial charge in [-0.05, 0) is 20.8 Å². The van der Waals surface area contributed by atoms with Crippen LogP contribution in [0.15, 0.2) is 0 Å². The third-order valence-corrected chi connectivity index (χ3v) is 2.37. The van der Waals surface area contributed by atoms with Crippen molar-refractivity contribution in [2.75, 3.05) is 19.5 Å². The number of aromatic amines is 1. The van der Waals surface area contributed by atoms with E-state index in [0.717, 1.165) is 17.1 Å². The van der Waals surface area contributed by atoms with Gasteiger partial charge >= 0.3 is 0 Å². The van der Waals surface area contributed by atoms with E-state index in [-0.39, 0.29) is 12.3 Å². The van der Waals surface area contributed by atoms with Crippen LogP contribution in [0.2, 0.25) is 0 Å². The molecule has 1 heterocycles. The van der Waals surface area contributed by atoms with Gasteiger partial charge in [0.05, 0.1) is 23.1 Å². The average molecular weight is 213 g/mol. The van der Waals surface area contributed by atoms with Crippen LogP contribution in [0.1, 0.15) is 18.3 Å².